The van der Waals surface area contributed by atoms with Crippen LogP contribution in [0.2, 0.25) is 0 Å². The second-order valence-electron chi connectivity index (χ2n) is 6.18. The summed E-state index contributed by atoms with van der Waals surface area (Å²) in [5.74, 6) is 0. The summed E-state index contributed by atoms with van der Waals surface area (Å²) < 4.78 is 0. The summed E-state index contributed by atoms with van der Waals surface area (Å²) in [5.41, 5.74) is 8.83. The van der Waals surface area contributed by atoms with Gasteiger partial charge in [0.05, 0.1) is 18.7 Å². The number of aldehydes is 1. The number of hydrogen-bond acceptors (Lipinski definition) is 5. The van der Waals surface area contributed by atoms with Gasteiger partial charge in [-0.15, -0.1) is 0 Å². The van der Waals surface area contributed by atoms with Gasteiger partial charge in [0.1, 0.15) is 0 Å². The van der Waals surface area contributed by atoms with E-state index in [1.165, 1.54) is 16.5 Å². The molecule has 29 heavy (non-hydrogen) atoms. The normalized spacial score (nSPS) is 10.2. The predicted octanol–water partition coefficient (Wildman–Crippen LogP) is 2.17. The summed E-state index contributed by atoms with van der Waals surface area (Å²) in [6.45, 7) is 2.08. The van der Waals surface area contributed by atoms with Crippen molar-refractivity contribution in [3.63, 3.8) is 0 Å². The Hall–Kier alpha value is -2.97. The highest BCUT2D eigenvalue weighted by Gasteiger charge is 2.00. The average Bonchev–Trinajstić information content (AvgIpc) is 3.44. The first-order valence-electron chi connectivity index (χ1n) is 9.44. The van der Waals surface area contributed by atoms with E-state index < -0.39 is 0 Å². The Morgan fingerprint density at radius 2 is 1.52 bits per heavy atom. The molecule has 154 valence electrons. The van der Waals surface area contributed by atoms with Crippen molar-refractivity contribution in [3.8, 4) is 0 Å². The minimum atomic E-state index is 0.0972. The lowest BCUT2D eigenvalue weighted by atomic mass is 10.1. The number of fused-ring (bicyclic) bond motifs is 2. The van der Waals surface area contributed by atoms with Crippen LogP contribution in [-0.2, 0) is 6.54 Å². The van der Waals surface area contributed by atoms with Gasteiger partial charge in [0.2, 0.25) is 0 Å². The smallest absolute Gasteiger partial charge is 0.152 e. The van der Waals surface area contributed by atoms with Crippen LogP contribution in [0.5, 0.6) is 0 Å². The summed E-state index contributed by atoms with van der Waals surface area (Å²) in [6, 6.07) is 15.9. The molecule has 7 N–H and O–H groups in total. The van der Waals surface area contributed by atoms with Crippen LogP contribution >= 0.6 is 0 Å². The molecule has 4 aromatic rings. The average molecular weight is 396 g/mol. The van der Waals surface area contributed by atoms with Gasteiger partial charge in [-0.3, -0.25) is 4.79 Å². The number of para-hydroxylation sites is 2. The van der Waals surface area contributed by atoms with E-state index in [9.17, 15) is 4.79 Å². The van der Waals surface area contributed by atoms with Crippen molar-refractivity contribution in [1.29, 1.82) is 0 Å². The summed E-state index contributed by atoms with van der Waals surface area (Å²) >= 11 is 0. The van der Waals surface area contributed by atoms with Gasteiger partial charge in [0.25, 0.3) is 0 Å². The zero-order valence-corrected chi connectivity index (χ0v) is 16.3. The monoisotopic (exact) mass is 396 g/mol. The predicted molar refractivity (Wildman–Crippen MR) is 117 cm³/mol. The van der Waals surface area contributed by atoms with Crippen LogP contribution in [0.1, 0.15) is 15.9 Å². The number of hydrogen-bond donors (Lipinski definition) is 6. The highest BCUT2D eigenvalue weighted by atomic mass is 16.3. The topological polar surface area (TPSA) is 127 Å². The van der Waals surface area contributed by atoms with Crippen molar-refractivity contribution < 1.29 is 15.0 Å². The highest BCUT2D eigenvalue weighted by Crippen LogP contribution is 2.16. The van der Waals surface area contributed by atoms with Gasteiger partial charge >= 0.3 is 0 Å². The number of nitrogens with two attached hydrogens (primary N) is 1. The van der Waals surface area contributed by atoms with Crippen LogP contribution in [0.25, 0.3) is 21.8 Å². The second-order valence-corrected chi connectivity index (χ2v) is 6.18. The summed E-state index contributed by atoms with van der Waals surface area (Å²) in [7, 11) is 0. The lowest BCUT2D eigenvalue weighted by Crippen LogP contribution is -2.17. The quantitative estimate of drug-likeness (QED) is 0.220. The van der Waals surface area contributed by atoms with Gasteiger partial charge in [-0.2, -0.15) is 0 Å². The Kier molecular flexibility index (Phi) is 9.61. The molecule has 2 aromatic heterocycles. The summed E-state index contributed by atoms with van der Waals surface area (Å²) in [5, 5.41) is 21.9. The van der Waals surface area contributed by atoms with Crippen molar-refractivity contribution in [1.82, 2.24) is 15.3 Å². The summed E-state index contributed by atoms with van der Waals surface area (Å²) in [4.78, 5) is 16.7. The van der Waals surface area contributed by atoms with E-state index in [4.69, 9.17) is 15.9 Å². The van der Waals surface area contributed by atoms with Crippen LogP contribution in [0, 0.1) is 0 Å². The largest absolute Gasteiger partial charge is 0.395 e. The van der Waals surface area contributed by atoms with Crippen LogP contribution in [0.4, 0.5) is 0 Å². The molecule has 0 unspecified atom stereocenters. The molecule has 0 bridgehead atoms. The van der Waals surface area contributed by atoms with Crippen molar-refractivity contribution in [2.45, 2.75) is 6.54 Å². The number of benzene rings is 2. The third-order valence-corrected chi connectivity index (χ3v) is 4.15. The molecule has 7 heteroatoms. The van der Waals surface area contributed by atoms with Gasteiger partial charge in [-0.05, 0) is 29.1 Å². The first kappa shape index (κ1) is 22.3. The van der Waals surface area contributed by atoms with E-state index in [2.05, 4.69) is 33.5 Å². The number of aliphatic hydroxyl groups excluding tert-OH is 2. The number of H-pyrrole nitrogens is 2. The third-order valence-electron chi connectivity index (χ3n) is 4.15. The molecule has 4 rings (SSSR count). The van der Waals surface area contributed by atoms with Crippen molar-refractivity contribution in [2.75, 3.05) is 26.3 Å². The van der Waals surface area contributed by atoms with E-state index in [1.54, 1.807) is 6.07 Å². The van der Waals surface area contributed by atoms with E-state index in [0.717, 1.165) is 23.7 Å². The number of carbonyl (C=O) groups is 1. The fourth-order valence-electron chi connectivity index (χ4n) is 2.81. The fraction of sp³-hybridized carbons (Fsp3) is 0.227. The highest BCUT2D eigenvalue weighted by molar-refractivity contribution is 5.95. The molecule has 0 atom stereocenters. The Morgan fingerprint density at radius 1 is 0.897 bits per heavy atom. The van der Waals surface area contributed by atoms with E-state index >= 15 is 0 Å². The molecule has 0 aliphatic heterocycles. The molecule has 0 spiro atoms. The fourth-order valence-corrected chi connectivity index (χ4v) is 2.81. The Morgan fingerprint density at radius 3 is 2.14 bits per heavy atom. The lowest BCUT2D eigenvalue weighted by molar-refractivity contribution is 0.112. The van der Waals surface area contributed by atoms with Crippen LogP contribution in [0.3, 0.4) is 0 Å². The van der Waals surface area contributed by atoms with Crippen LogP contribution < -0.4 is 11.1 Å². The van der Waals surface area contributed by atoms with E-state index in [1.807, 2.05) is 36.7 Å². The number of rotatable bonds is 6. The molecule has 0 radical (unpaired) electrons. The maximum Gasteiger partial charge on any atom is 0.152 e. The minimum Gasteiger partial charge on any atom is -0.395 e. The molecule has 0 aliphatic carbocycles. The molecular weight excluding hydrogens is 368 g/mol. The van der Waals surface area contributed by atoms with E-state index in [-0.39, 0.29) is 13.2 Å². The van der Waals surface area contributed by atoms with Gasteiger partial charge in [-0.25, -0.2) is 0 Å². The maximum absolute atomic E-state index is 10.5. The molecule has 7 nitrogen and oxygen atoms in total. The first-order chi connectivity index (χ1) is 14.2. The second kappa shape index (κ2) is 12.5. The molecule has 2 heterocycles. The van der Waals surface area contributed by atoms with Crippen molar-refractivity contribution >= 4 is 28.1 Å². The van der Waals surface area contributed by atoms with Gasteiger partial charge in [-0.1, -0.05) is 30.3 Å². The van der Waals surface area contributed by atoms with Crippen LogP contribution in [-0.4, -0.2) is 52.8 Å². The maximum atomic E-state index is 10.5. The number of aromatic nitrogens is 2. The van der Waals surface area contributed by atoms with Crippen molar-refractivity contribution in [3.05, 3.63) is 72.1 Å². The molecule has 0 aliphatic rings. The Balaban J connectivity index is 0.000000179. The number of aliphatic hydroxyl groups is 2. The summed E-state index contributed by atoms with van der Waals surface area (Å²) in [6.07, 6.45) is 4.64. The Labute approximate surface area is 169 Å². The molecule has 2 aromatic carbocycles. The van der Waals surface area contributed by atoms with E-state index in [0.29, 0.717) is 18.7 Å². The third kappa shape index (κ3) is 6.55. The first-order valence-corrected chi connectivity index (χ1v) is 9.44. The number of carbonyl (C=O) groups excluding carboxylic acids is 1. The minimum absolute atomic E-state index is 0.0972. The zero-order chi connectivity index (χ0) is 20.9. The lowest BCUT2D eigenvalue weighted by Gasteiger charge is -2.04. The zero-order valence-electron chi connectivity index (χ0n) is 16.3. The SMILES string of the molecule is NCCO.O=Cc1cccc2cc[nH]c12.OCCNCc1cccc2cc[nH]c12. The Bertz CT molecular complexity index is 992. The van der Waals surface area contributed by atoms with Gasteiger partial charge in [0.15, 0.2) is 6.29 Å². The number of aromatic amines is 2. The molecule has 0 saturated heterocycles. The van der Waals surface area contributed by atoms with Gasteiger partial charge < -0.3 is 31.2 Å². The van der Waals surface area contributed by atoms with Crippen LogP contribution in [0.15, 0.2) is 60.9 Å². The molecule has 0 saturated carbocycles. The molecular formula is C22H28N4O3. The molecule has 0 amide bonds. The number of nitrogens with one attached hydrogen (secondary N) is 3. The van der Waals surface area contributed by atoms with Crippen molar-refractivity contribution in [2.24, 2.45) is 5.73 Å². The van der Waals surface area contributed by atoms with Gasteiger partial charge in [0, 0.05) is 48.5 Å². The molecule has 0 fully saturated rings. The standard InChI is InChI=1S/C11H14N2O.C9H7NO.C2H7NO/c14-7-6-12-8-10-3-1-2-9-4-5-13-11(9)10;11-6-8-3-1-2-7-4-5-10-9(7)8;3-1-2-4/h1-5,12-14H,6-8H2;1-6,10H;4H,1-3H2.